The largest absolute Gasteiger partial charge is 0.468 e. The van der Waals surface area contributed by atoms with Gasteiger partial charge in [-0.1, -0.05) is 6.92 Å². The van der Waals surface area contributed by atoms with Crippen molar-refractivity contribution >= 4 is 5.91 Å². The van der Waals surface area contributed by atoms with E-state index in [-0.39, 0.29) is 11.9 Å². The van der Waals surface area contributed by atoms with E-state index in [0.717, 1.165) is 12.3 Å². The number of rotatable bonds is 8. The molecule has 1 heterocycles. The van der Waals surface area contributed by atoms with E-state index in [1.807, 2.05) is 19.1 Å². The minimum atomic E-state index is 0.0471. The second-order valence-corrected chi connectivity index (χ2v) is 4.19. The number of amides is 1. The van der Waals surface area contributed by atoms with Gasteiger partial charge in [0.25, 0.3) is 0 Å². The van der Waals surface area contributed by atoms with Gasteiger partial charge in [-0.2, -0.15) is 0 Å². The first-order valence-corrected chi connectivity index (χ1v) is 6.44. The fourth-order valence-corrected chi connectivity index (χ4v) is 1.95. The number of likely N-dealkylation sites (N-methyl/N-ethyl adjacent to an activating group) is 1. The molecule has 3 N–H and O–H groups in total. The lowest BCUT2D eigenvalue weighted by Gasteiger charge is -2.28. The number of nitrogens with two attached hydrogens (primary N) is 1. The zero-order chi connectivity index (χ0) is 13.4. The van der Waals surface area contributed by atoms with Gasteiger partial charge in [0.2, 0.25) is 5.91 Å². The van der Waals surface area contributed by atoms with E-state index < -0.39 is 0 Å². The summed E-state index contributed by atoms with van der Waals surface area (Å²) in [6.45, 7) is 6.61. The molecule has 0 fully saturated rings. The maximum atomic E-state index is 11.6. The molecular formula is C13H23N3O2. The third kappa shape index (κ3) is 4.50. The molecule has 0 spiro atoms. The first kappa shape index (κ1) is 14.7. The van der Waals surface area contributed by atoms with Gasteiger partial charge in [-0.25, -0.2) is 0 Å². The average molecular weight is 253 g/mol. The highest BCUT2D eigenvalue weighted by molar-refractivity contribution is 5.76. The predicted octanol–water partition coefficient (Wildman–Crippen LogP) is 0.955. The molecule has 1 amide bonds. The number of hydrogen-bond donors (Lipinski definition) is 2. The van der Waals surface area contributed by atoms with Crippen LogP contribution in [0.2, 0.25) is 0 Å². The van der Waals surface area contributed by atoms with Crippen molar-refractivity contribution in [3.8, 4) is 0 Å². The Labute approximate surface area is 108 Å². The molecular weight excluding hydrogens is 230 g/mol. The highest BCUT2D eigenvalue weighted by Crippen LogP contribution is 2.10. The van der Waals surface area contributed by atoms with Gasteiger partial charge >= 0.3 is 0 Å². The van der Waals surface area contributed by atoms with Crippen LogP contribution in [0.25, 0.3) is 0 Å². The standard InChI is InChI=1S/C13H23N3O2/c1-3-15-13(17)8-11(9-14)16(4-2)10-12-6-5-7-18-12/h5-7,11H,3-4,8-10,14H2,1-2H3,(H,15,17). The molecule has 0 aromatic carbocycles. The van der Waals surface area contributed by atoms with E-state index in [1.165, 1.54) is 0 Å². The molecule has 5 heteroatoms. The highest BCUT2D eigenvalue weighted by Gasteiger charge is 2.19. The normalized spacial score (nSPS) is 12.7. The van der Waals surface area contributed by atoms with E-state index in [9.17, 15) is 4.79 Å². The van der Waals surface area contributed by atoms with Crippen LogP contribution in [0.4, 0.5) is 0 Å². The van der Waals surface area contributed by atoms with Crippen LogP contribution >= 0.6 is 0 Å². The topological polar surface area (TPSA) is 71.5 Å². The molecule has 1 rings (SSSR count). The lowest BCUT2D eigenvalue weighted by Crippen LogP contribution is -2.43. The van der Waals surface area contributed by atoms with Crippen molar-refractivity contribution in [1.82, 2.24) is 10.2 Å². The Morgan fingerprint density at radius 3 is 2.83 bits per heavy atom. The summed E-state index contributed by atoms with van der Waals surface area (Å²) in [5, 5.41) is 2.80. The van der Waals surface area contributed by atoms with E-state index in [2.05, 4.69) is 17.1 Å². The van der Waals surface area contributed by atoms with Crippen molar-refractivity contribution in [2.24, 2.45) is 5.73 Å². The molecule has 0 aliphatic rings. The number of hydrogen-bond acceptors (Lipinski definition) is 4. The number of carbonyl (C=O) groups is 1. The second kappa shape index (κ2) is 7.89. The molecule has 1 atom stereocenters. The Bertz CT molecular complexity index is 338. The van der Waals surface area contributed by atoms with E-state index in [1.54, 1.807) is 6.26 Å². The van der Waals surface area contributed by atoms with Crippen molar-refractivity contribution in [3.63, 3.8) is 0 Å². The van der Waals surface area contributed by atoms with Crippen LogP contribution < -0.4 is 11.1 Å². The molecule has 5 nitrogen and oxygen atoms in total. The summed E-state index contributed by atoms with van der Waals surface area (Å²) >= 11 is 0. The van der Waals surface area contributed by atoms with Crippen molar-refractivity contribution in [1.29, 1.82) is 0 Å². The molecule has 0 saturated heterocycles. The monoisotopic (exact) mass is 253 g/mol. The zero-order valence-corrected chi connectivity index (χ0v) is 11.2. The zero-order valence-electron chi connectivity index (χ0n) is 11.2. The maximum Gasteiger partial charge on any atom is 0.221 e. The van der Waals surface area contributed by atoms with E-state index in [4.69, 9.17) is 10.2 Å². The van der Waals surface area contributed by atoms with Crippen LogP contribution in [0.1, 0.15) is 26.0 Å². The summed E-state index contributed by atoms with van der Waals surface area (Å²) in [7, 11) is 0. The van der Waals surface area contributed by atoms with Crippen LogP contribution in [-0.2, 0) is 11.3 Å². The van der Waals surface area contributed by atoms with Crippen LogP contribution in [0.3, 0.4) is 0 Å². The fraction of sp³-hybridized carbons (Fsp3) is 0.615. The number of carbonyl (C=O) groups excluding carboxylic acids is 1. The van der Waals surface area contributed by atoms with Crippen LogP contribution in [0.5, 0.6) is 0 Å². The number of furan rings is 1. The third-order valence-corrected chi connectivity index (χ3v) is 2.93. The summed E-state index contributed by atoms with van der Waals surface area (Å²) in [5.74, 6) is 0.942. The van der Waals surface area contributed by atoms with Crippen molar-refractivity contribution in [2.45, 2.75) is 32.9 Å². The number of nitrogens with zero attached hydrogens (tertiary/aromatic N) is 1. The Balaban J connectivity index is 2.56. The van der Waals surface area contributed by atoms with Gasteiger partial charge in [-0.05, 0) is 25.6 Å². The highest BCUT2D eigenvalue weighted by atomic mass is 16.3. The molecule has 0 saturated carbocycles. The van der Waals surface area contributed by atoms with Crippen molar-refractivity contribution < 1.29 is 9.21 Å². The molecule has 1 aromatic heterocycles. The number of nitrogens with one attached hydrogen (secondary N) is 1. The summed E-state index contributed by atoms with van der Waals surface area (Å²) in [4.78, 5) is 13.8. The lowest BCUT2D eigenvalue weighted by atomic mass is 10.1. The van der Waals surface area contributed by atoms with Crippen LogP contribution in [0.15, 0.2) is 22.8 Å². The Morgan fingerprint density at radius 2 is 2.33 bits per heavy atom. The van der Waals surface area contributed by atoms with E-state index >= 15 is 0 Å². The minimum Gasteiger partial charge on any atom is -0.468 e. The van der Waals surface area contributed by atoms with Gasteiger partial charge in [-0.15, -0.1) is 0 Å². The summed E-state index contributed by atoms with van der Waals surface area (Å²) in [6, 6.07) is 3.85. The smallest absolute Gasteiger partial charge is 0.221 e. The minimum absolute atomic E-state index is 0.0471. The van der Waals surface area contributed by atoms with Crippen LogP contribution in [0, 0.1) is 0 Å². The van der Waals surface area contributed by atoms with Gasteiger partial charge in [0.15, 0.2) is 0 Å². The molecule has 18 heavy (non-hydrogen) atoms. The Kier molecular flexibility index (Phi) is 6.46. The molecule has 0 aliphatic carbocycles. The SMILES string of the molecule is CCNC(=O)CC(CN)N(CC)Cc1ccco1. The molecule has 0 bridgehead atoms. The lowest BCUT2D eigenvalue weighted by molar-refractivity contribution is -0.122. The second-order valence-electron chi connectivity index (χ2n) is 4.19. The first-order valence-electron chi connectivity index (χ1n) is 6.44. The Morgan fingerprint density at radius 1 is 1.56 bits per heavy atom. The van der Waals surface area contributed by atoms with E-state index in [0.29, 0.717) is 26.1 Å². The molecule has 0 aliphatic heterocycles. The molecule has 0 radical (unpaired) electrons. The van der Waals surface area contributed by atoms with Crippen molar-refractivity contribution in [2.75, 3.05) is 19.6 Å². The first-order chi connectivity index (χ1) is 8.71. The fourth-order valence-electron chi connectivity index (χ4n) is 1.95. The molecule has 102 valence electrons. The summed E-state index contributed by atoms with van der Waals surface area (Å²) < 4.78 is 5.33. The molecule has 1 unspecified atom stereocenters. The van der Waals surface area contributed by atoms with Gasteiger partial charge in [-0.3, -0.25) is 9.69 Å². The Hall–Kier alpha value is -1.33. The quantitative estimate of drug-likeness (QED) is 0.723. The maximum absolute atomic E-state index is 11.6. The average Bonchev–Trinajstić information content (AvgIpc) is 2.86. The van der Waals surface area contributed by atoms with Gasteiger partial charge in [0, 0.05) is 25.6 Å². The third-order valence-electron chi connectivity index (χ3n) is 2.93. The summed E-state index contributed by atoms with van der Waals surface area (Å²) in [5.41, 5.74) is 5.77. The predicted molar refractivity (Wildman–Crippen MR) is 70.9 cm³/mol. The van der Waals surface area contributed by atoms with Gasteiger partial charge in [0.1, 0.15) is 5.76 Å². The van der Waals surface area contributed by atoms with Gasteiger partial charge < -0.3 is 15.5 Å². The van der Waals surface area contributed by atoms with Crippen molar-refractivity contribution in [3.05, 3.63) is 24.2 Å². The molecule has 1 aromatic rings. The van der Waals surface area contributed by atoms with Crippen LogP contribution in [-0.4, -0.2) is 36.5 Å². The summed E-state index contributed by atoms with van der Waals surface area (Å²) in [6.07, 6.45) is 2.09. The van der Waals surface area contributed by atoms with Gasteiger partial charge in [0.05, 0.1) is 12.8 Å².